The number of ketones is 1. The van der Waals surface area contributed by atoms with E-state index in [1.807, 2.05) is 0 Å². The summed E-state index contributed by atoms with van der Waals surface area (Å²) in [6.07, 6.45) is 3.34. The highest BCUT2D eigenvalue weighted by molar-refractivity contribution is 6.07. The molecule has 0 aliphatic heterocycles. The van der Waals surface area contributed by atoms with Crippen molar-refractivity contribution in [2.24, 2.45) is 0 Å². The van der Waals surface area contributed by atoms with Gasteiger partial charge in [-0.1, -0.05) is 18.2 Å². The molecule has 3 aromatic rings. The molecule has 0 radical (unpaired) electrons. The van der Waals surface area contributed by atoms with E-state index >= 15 is 0 Å². The van der Waals surface area contributed by atoms with Gasteiger partial charge >= 0.3 is 5.97 Å². The third kappa shape index (κ3) is 3.51. The topological polar surface area (TPSA) is 121 Å². The van der Waals surface area contributed by atoms with E-state index < -0.39 is 23.3 Å². The third-order valence-corrected chi connectivity index (χ3v) is 3.61. The number of hydrogen-bond acceptors (Lipinski definition) is 5. The van der Waals surface area contributed by atoms with Crippen LogP contribution >= 0.6 is 0 Å². The second-order valence-electron chi connectivity index (χ2n) is 5.36. The number of H-pyrrole nitrogens is 1. The Morgan fingerprint density at radius 3 is 2.69 bits per heavy atom. The van der Waals surface area contributed by atoms with Crippen molar-refractivity contribution in [3.63, 3.8) is 0 Å². The number of hydrogen-bond donors (Lipinski definition) is 3. The fourth-order valence-electron chi connectivity index (χ4n) is 2.37. The van der Waals surface area contributed by atoms with E-state index in [1.165, 1.54) is 35.3 Å². The lowest BCUT2D eigenvalue weighted by atomic mass is 10.2. The molecule has 8 nitrogen and oxygen atoms in total. The zero-order valence-corrected chi connectivity index (χ0v) is 13.3. The first-order valence-corrected chi connectivity index (χ1v) is 7.43. The van der Waals surface area contributed by atoms with Crippen LogP contribution in [0.5, 0.6) is 0 Å². The van der Waals surface area contributed by atoms with Crippen LogP contribution in [-0.4, -0.2) is 41.7 Å². The lowest BCUT2D eigenvalue weighted by Crippen LogP contribution is -2.09. The summed E-state index contributed by atoms with van der Waals surface area (Å²) >= 11 is 0. The zero-order chi connectivity index (χ0) is 18.7. The van der Waals surface area contributed by atoms with Gasteiger partial charge in [-0.2, -0.15) is 5.10 Å². The average Bonchev–Trinajstić information content (AvgIpc) is 3.26. The van der Waals surface area contributed by atoms with Crippen LogP contribution in [0, 0.1) is 5.82 Å². The molecule has 9 heteroatoms. The summed E-state index contributed by atoms with van der Waals surface area (Å²) in [5.41, 5.74) is 0.138. The predicted octanol–water partition coefficient (Wildman–Crippen LogP) is 2.27. The van der Waals surface area contributed by atoms with Gasteiger partial charge in [0.1, 0.15) is 12.1 Å². The van der Waals surface area contributed by atoms with Crippen molar-refractivity contribution in [2.75, 3.05) is 0 Å². The maximum atomic E-state index is 13.9. The number of nitrogens with zero attached hydrogens (tertiary/aromatic N) is 3. The van der Waals surface area contributed by atoms with Crippen molar-refractivity contribution in [1.82, 2.24) is 19.7 Å². The van der Waals surface area contributed by atoms with Gasteiger partial charge in [-0.05, 0) is 12.1 Å². The molecule has 0 bridgehead atoms. The smallest absolute Gasteiger partial charge is 0.337 e. The summed E-state index contributed by atoms with van der Waals surface area (Å²) < 4.78 is 15.2. The average molecular weight is 356 g/mol. The fourth-order valence-corrected chi connectivity index (χ4v) is 2.37. The first-order chi connectivity index (χ1) is 12.5. The lowest BCUT2D eigenvalue weighted by Gasteiger charge is -2.08. The summed E-state index contributed by atoms with van der Waals surface area (Å²) in [5.74, 6) is -2.93. The van der Waals surface area contributed by atoms with Crippen molar-refractivity contribution in [3.05, 3.63) is 77.4 Å². The number of allylic oxidation sites excluding steroid dienone is 1. The number of carboxylic acids is 1. The highest BCUT2D eigenvalue weighted by Gasteiger charge is 2.18. The first-order valence-electron chi connectivity index (χ1n) is 7.43. The van der Waals surface area contributed by atoms with E-state index in [4.69, 9.17) is 5.11 Å². The van der Waals surface area contributed by atoms with Crippen molar-refractivity contribution in [3.8, 4) is 0 Å². The Hall–Kier alpha value is -3.75. The van der Waals surface area contributed by atoms with Gasteiger partial charge in [0.25, 0.3) is 0 Å². The van der Waals surface area contributed by atoms with Crippen LogP contribution in [0.25, 0.3) is 5.76 Å². The second kappa shape index (κ2) is 7.01. The van der Waals surface area contributed by atoms with Gasteiger partial charge in [-0.15, -0.1) is 0 Å². The van der Waals surface area contributed by atoms with Crippen molar-refractivity contribution >= 4 is 17.5 Å². The molecular formula is C17H13FN4O4. The molecule has 2 heterocycles. The number of benzene rings is 1. The number of carboxylic acid groups (broad SMARTS) is 1. The van der Waals surface area contributed by atoms with Crippen molar-refractivity contribution in [2.45, 2.75) is 6.54 Å². The maximum absolute atomic E-state index is 13.9. The molecule has 0 fully saturated rings. The molecule has 1 aromatic carbocycles. The molecule has 0 aliphatic carbocycles. The van der Waals surface area contributed by atoms with Crippen LogP contribution in [0.15, 0.2) is 48.9 Å². The van der Waals surface area contributed by atoms with Gasteiger partial charge in [-0.3, -0.25) is 9.89 Å². The molecule has 0 aliphatic rings. The van der Waals surface area contributed by atoms with E-state index in [-0.39, 0.29) is 29.2 Å². The van der Waals surface area contributed by atoms with Crippen molar-refractivity contribution < 1.29 is 24.2 Å². The first kappa shape index (κ1) is 17.1. The van der Waals surface area contributed by atoms with E-state index in [0.29, 0.717) is 0 Å². The summed E-state index contributed by atoms with van der Waals surface area (Å²) in [5, 5.41) is 25.1. The van der Waals surface area contributed by atoms with Crippen LogP contribution < -0.4 is 0 Å². The minimum Gasteiger partial charge on any atom is -0.504 e. The summed E-state index contributed by atoms with van der Waals surface area (Å²) in [6.45, 7) is -0.0454. The zero-order valence-electron chi connectivity index (χ0n) is 13.3. The number of aromatic carboxylic acids is 1. The minimum absolute atomic E-state index is 0.0206. The fraction of sp³-hybridized carbons (Fsp3) is 0.0588. The van der Waals surface area contributed by atoms with Crippen LogP contribution in [-0.2, 0) is 6.54 Å². The summed E-state index contributed by atoms with van der Waals surface area (Å²) in [7, 11) is 0. The van der Waals surface area contributed by atoms with Crippen molar-refractivity contribution in [1.29, 1.82) is 0 Å². The summed E-state index contributed by atoms with van der Waals surface area (Å²) in [6, 6.07) is 7.13. The Kier molecular flexibility index (Phi) is 4.61. The number of carbonyl (C=O) groups is 2. The number of carbonyl (C=O) groups excluding carboxylic acids is 1. The molecule has 0 unspecified atom stereocenters. The highest BCUT2D eigenvalue weighted by atomic mass is 19.1. The van der Waals surface area contributed by atoms with Gasteiger partial charge < -0.3 is 14.8 Å². The second-order valence-corrected chi connectivity index (χ2v) is 5.36. The molecule has 2 aromatic heterocycles. The van der Waals surface area contributed by atoms with E-state index in [1.54, 1.807) is 6.07 Å². The van der Waals surface area contributed by atoms with Crippen LogP contribution in [0.3, 0.4) is 0 Å². The van der Waals surface area contributed by atoms with Crippen LogP contribution in [0.4, 0.5) is 4.39 Å². The molecule has 0 saturated carbocycles. The van der Waals surface area contributed by atoms with Gasteiger partial charge in [0.2, 0.25) is 11.6 Å². The number of nitrogens with one attached hydrogen (secondary N) is 1. The van der Waals surface area contributed by atoms with E-state index in [9.17, 15) is 19.1 Å². The Morgan fingerprint density at radius 1 is 1.27 bits per heavy atom. The predicted molar refractivity (Wildman–Crippen MR) is 88.2 cm³/mol. The Morgan fingerprint density at radius 2 is 2.04 bits per heavy atom. The molecule has 0 amide bonds. The highest BCUT2D eigenvalue weighted by Crippen LogP contribution is 2.16. The standard InChI is InChI=1S/C17H13FN4O4/c18-12-4-2-1-3-10(12)7-22-8-11(17(25)26)5-13(22)14(23)6-15(24)16-19-9-20-21-16/h1-6,8-9,24H,7H2,(H,25,26)(H,19,20,21). The number of rotatable bonds is 6. The van der Waals surface area contributed by atoms with Gasteiger partial charge in [0, 0.05) is 17.8 Å². The number of aromatic amines is 1. The lowest BCUT2D eigenvalue weighted by molar-refractivity contribution is 0.0696. The van der Waals surface area contributed by atoms with E-state index in [2.05, 4.69) is 15.2 Å². The molecule has 26 heavy (non-hydrogen) atoms. The quantitative estimate of drug-likeness (QED) is 0.354. The van der Waals surface area contributed by atoms with Crippen LogP contribution in [0.2, 0.25) is 0 Å². The normalized spacial score (nSPS) is 11.5. The largest absolute Gasteiger partial charge is 0.504 e. The molecule has 0 spiro atoms. The number of aliphatic hydroxyl groups is 1. The minimum atomic E-state index is -1.23. The SMILES string of the molecule is O=C(O)c1cc(C(=O)C=C(O)c2nc[nH]n2)n(Cc2ccccc2F)c1. The molecule has 3 N–H and O–H groups in total. The number of halogens is 1. The molecular weight excluding hydrogens is 343 g/mol. The Labute approximate surface area is 146 Å². The molecule has 132 valence electrons. The third-order valence-electron chi connectivity index (χ3n) is 3.61. The summed E-state index contributed by atoms with van der Waals surface area (Å²) in [4.78, 5) is 27.4. The molecule has 3 rings (SSSR count). The van der Waals surface area contributed by atoms with E-state index in [0.717, 1.165) is 12.1 Å². The number of aromatic nitrogens is 4. The van der Waals surface area contributed by atoms with Gasteiger partial charge in [0.05, 0.1) is 17.8 Å². The van der Waals surface area contributed by atoms with Crippen LogP contribution in [0.1, 0.15) is 32.2 Å². The van der Waals surface area contributed by atoms with Gasteiger partial charge in [-0.25, -0.2) is 14.2 Å². The Bertz CT molecular complexity index is 992. The Balaban J connectivity index is 1.97. The molecule has 0 saturated heterocycles. The molecule has 0 atom stereocenters. The number of aliphatic hydroxyl groups excluding tert-OH is 1. The monoisotopic (exact) mass is 356 g/mol. The maximum Gasteiger partial charge on any atom is 0.337 e. The van der Waals surface area contributed by atoms with Gasteiger partial charge in [0.15, 0.2) is 5.76 Å².